The van der Waals surface area contributed by atoms with Gasteiger partial charge in [-0.2, -0.15) is 0 Å². The van der Waals surface area contributed by atoms with E-state index in [1.807, 2.05) is 6.20 Å². The first-order chi connectivity index (χ1) is 8.19. The van der Waals surface area contributed by atoms with Crippen molar-refractivity contribution in [2.24, 2.45) is 11.7 Å². The van der Waals surface area contributed by atoms with E-state index < -0.39 is 0 Å². The minimum atomic E-state index is 0.598. The van der Waals surface area contributed by atoms with Crippen LogP contribution in [0.1, 0.15) is 24.5 Å². The Kier molecular flexibility index (Phi) is 3.75. The van der Waals surface area contributed by atoms with Crippen LogP contribution in [-0.4, -0.2) is 11.5 Å². The van der Waals surface area contributed by atoms with Crippen molar-refractivity contribution in [2.45, 2.75) is 26.7 Å². The Balaban J connectivity index is 2.19. The summed E-state index contributed by atoms with van der Waals surface area (Å²) in [5, 5.41) is 1.24. The molecular weight excluding hydrogens is 208 g/mol. The highest BCUT2D eigenvalue weighted by atomic mass is 14.6. The fraction of sp³-hybridized carbons (Fsp3) is 0.400. The number of nitrogens with zero attached hydrogens (tertiary/aromatic N) is 1. The van der Waals surface area contributed by atoms with E-state index in [4.69, 9.17) is 5.73 Å². The summed E-state index contributed by atoms with van der Waals surface area (Å²) < 4.78 is 0. The van der Waals surface area contributed by atoms with Gasteiger partial charge in [0.15, 0.2) is 0 Å². The molecular formula is C15H20N2. The molecule has 2 N–H and O–H groups in total. The largest absolute Gasteiger partial charge is 0.330 e. The second-order valence-electron chi connectivity index (χ2n) is 4.92. The molecule has 90 valence electrons. The molecule has 1 atom stereocenters. The molecule has 0 aliphatic rings. The summed E-state index contributed by atoms with van der Waals surface area (Å²) in [5.74, 6) is 0.598. The Morgan fingerprint density at radius 3 is 2.88 bits per heavy atom. The molecule has 0 amide bonds. The molecule has 1 aromatic heterocycles. The number of hydrogen-bond acceptors (Lipinski definition) is 2. The minimum Gasteiger partial charge on any atom is -0.330 e. The van der Waals surface area contributed by atoms with Crippen LogP contribution in [0.15, 0.2) is 30.5 Å². The lowest BCUT2D eigenvalue weighted by Gasteiger charge is -2.08. The monoisotopic (exact) mass is 228 g/mol. The van der Waals surface area contributed by atoms with Crippen molar-refractivity contribution in [3.8, 4) is 0 Å². The van der Waals surface area contributed by atoms with Gasteiger partial charge in [0, 0.05) is 11.6 Å². The average Bonchev–Trinajstić information content (AvgIpc) is 2.35. The summed E-state index contributed by atoms with van der Waals surface area (Å²) in [5.41, 5.74) is 9.30. The van der Waals surface area contributed by atoms with Crippen LogP contribution in [0.5, 0.6) is 0 Å². The standard InChI is InChI=1S/C15H20N2/c1-11(9-16)3-4-13-5-6-15-14(8-13)7-12(2)10-17-15/h5-8,10-11H,3-4,9,16H2,1-2H3. The molecule has 2 rings (SSSR count). The van der Waals surface area contributed by atoms with E-state index in [1.165, 1.54) is 16.5 Å². The summed E-state index contributed by atoms with van der Waals surface area (Å²) in [6, 6.07) is 8.72. The molecule has 1 heterocycles. The SMILES string of the molecule is Cc1cnc2ccc(CCC(C)CN)cc2c1. The average molecular weight is 228 g/mol. The van der Waals surface area contributed by atoms with Gasteiger partial charge >= 0.3 is 0 Å². The molecule has 2 heteroatoms. The topological polar surface area (TPSA) is 38.9 Å². The molecule has 2 nitrogen and oxygen atoms in total. The van der Waals surface area contributed by atoms with Crippen LogP contribution in [0.3, 0.4) is 0 Å². The van der Waals surface area contributed by atoms with Crippen LogP contribution >= 0.6 is 0 Å². The number of nitrogens with two attached hydrogens (primary N) is 1. The Bertz CT molecular complexity index is 505. The minimum absolute atomic E-state index is 0.598. The van der Waals surface area contributed by atoms with Crippen molar-refractivity contribution >= 4 is 10.9 Å². The number of benzene rings is 1. The molecule has 0 aliphatic heterocycles. The molecule has 0 spiro atoms. The summed E-state index contributed by atoms with van der Waals surface area (Å²) in [6.07, 6.45) is 4.17. The third-order valence-electron chi connectivity index (χ3n) is 3.21. The summed E-state index contributed by atoms with van der Waals surface area (Å²) in [7, 11) is 0. The van der Waals surface area contributed by atoms with Gasteiger partial charge in [-0.3, -0.25) is 4.98 Å². The van der Waals surface area contributed by atoms with Crippen LogP contribution in [0.4, 0.5) is 0 Å². The first-order valence-corrected chi connectivity index (χ1v) is 6.24. The summed E-state index contributed by atoms with van der Waals surface area (Å²) in [6.45, 7) is 5.05. The van der Waals surface area contributed by atoms with Crippen LogP contribution in [0.2, 0.25) is 0 Å². The predicted octanol–water partition coefficient (Wildman–Crippen LogP) is 3.07. The van der Waals surface area contributed by atoms with Gasteiger partial charge in [-0.1, -0.05) is 13.0 Å². The van der Waals surface area contributed by atoms with Crippen molar-refractivity contribution in [1.29, 1.82) is 0 Å². The second-order valence-corrected chi connectivity index (χ2v) is 4.92. The molecule has 0 saturated carbocycles. The zero-order valence-corrected chi connectivity index (χ0v) is 10.6. The van der Waals surface area contributed by atoms with Crippen LogP contribution in [-0.2, 0) is 6.42 Å². The maximum absolute atomic E-state index is 5.64. The quantitative estimate of drug-likeness (QED) is 0.873. The van der Waals surface area contributed by atoms with Crippen molar-refractivity contribution < 1.29 is 0 Å². The van der Waals surface area contributed by atoms with Gasteiger partial charge < -0.3 is 5.73 Å². The molecule has 0 bridgehead atoms. The lowest BCUT2D eigenvalue weighted by atomic mass is 10.00. The Hall–Kier alpha value is -1.41. The number of pyridine rings is 1. The fourth-order valence-electron chi connectivity index (χ4n) is 1.98. The van der Waals surface area contributed by atoms with E-state index >= 15 is 0 Å². The van der Waals surface area contributed by atoms with Gasteiger partial charge in [0.05, 0.1) is 5.52 Å². The van der Waals surface area contributed by atoms with E-state index in [0.29, 0.717) is 5.92 Å². The second kappa shape index (κ2) is 5.28. The molecule has 2 aromatic rings. The van der Waals surface area contributed by atoms with Crippen LogP contribution < -0.4 is 5.73 Å². The third kappa shape index (κ3) is 3.04. The van der Waals surface area contributed by atoms with Gasteiger partial charge in [-0.15, -0.1) is 0 Å². The normalized spacial score (nSPS) is 12.9. The molecule has 0 saturated heterocycles. The molecule has 1 unspecified atom stereocenters. The molecule has 0 aliphatic carbocycles. The van der Waals surface area contributed by atoms with Gasteiger partial charge in [0.1, 0.15) is 0 Å². The molecule has 17 heavy (non-hydrogen) atoms. The third-order valence-corrected chi connectivity index (χ3v) is 3.21. The summed E-state index contributed by atoms with van der Waals surface area (Å²) in [4.78, 5) is 4.41. The maximum Gasteiger partial charge on any atom is 0.0702 e. The highest BCUT2D eigenvalue weighted by Gasteiger charge is 2.02. The zero-order chi connectivity index (χ0) is 12.3. The number of aromatic nitrogens is 1. The molecule has 0 radical (unpaired) electrons. The van der Waals surface area contributed by atoms with Crippen molar-refractivity contribution in [1.82, 2.24) is 4.98 Å². The van der Waals surface area contributed by atoms with Gasteiger partial charge in [-0.25, -0.2) is 0 Å². The smallest absolute Gasteiger partial charge is 0.0702 e. The highest BCUT2D eigenvalue weighted by molar-refractivity contribution is 5.79. The first-order valence-electron chi connectivity index (χ1n) is 6.24. The number of rotatable bonds is 4. The number of hydrogen-bond donors (Lipinski definition) is 1. The van der Waals surface area contributed by atoms with E-state index in [0.717, 1.165) is 24.9 Å². The fourth-order valence-corrected chi connectivity index (χ4v) is 1.98. The zero-order valence-electron chi connectivity index (χ0n) is 10.6. The lowest BCUT2D eigenvalue weighted by molar-refractivity contribution is 0.545. The van der Waals surface area contributed by atoms with E-state index in [2.05, 4.69) is 43.1 Å². The number of aryl methyl sites for hydroxylation is 2. The van der Waals surface area contributed by atoms with Gasteiger partial charge in [0.25, 0.3) is 0 Å². The van der Waals surface area contributed by atoms with Crippen LogP contribution in [0.25, 0.3) is 10.9 Å². The summed E-state index contributed by atoms with van der Waals surface area (Å²) >= 11 is 0. The maximum atomic E-state index is 5.64. The predicted molar refractivity (Wildman–Crippen MR) is 73.0 cm³/mol. The van der Waals surface area contributed by atoms with Gasteiger partial charge in [0.2, 0.25) is 0 Å². The Labute approximate surface area is 103 Å². The first kappa shape index (κ1) is 12.1. The molecule has 1 aromatic carbocycles. The highest BCUT2D eigenvalue weighted by Crippen LogP contribution is 2.17. The Morgan fingerprint density at radius 2 is 2.12 bits per heavy atom. The van der Waals surface area contributed by atoms with Crippen molar-refractivity contribution in [3.63, 3.8) is 0 Å². The van der Waals surface area contributed by atoms with E-state index in [-0.39, 0.29) is 0 Å². The lowest BCUT2D eigenvalue weighted by Crippen LogP contribution is -2.11. The van der Waals surface area contributed by atoms with E-state index in [9.17, 15) is 0 Å². The van der Waals surface area contributed by atoms with Crippen molar-refractivity contribution in [3.05, 3.63) is 41.6 Å². The van der Waals surface area contributed by atoms with Gasteiger partial charge in [-0.05, 0) is 61.6 Å². The molecule has 0 fully saturated rings. The Morgan fingerprint density at radius 1 is 1.29 bits per heavy atom. The van der Waals surface area contributed by atoms with E-state index in [1.54, 1.807) is 0 Å². The van der Waals surface area contributed by atoms with Crippen LogP contribution in [0, 0.1) is 12.8 Å². The number of fused-ring (bicyclic) bond motifs is 1. The van der Waals surface area contributed by atoms with Crippen molar-refractivity contribution in [2.75, 3.05) is 6.54 Å².